The molecule has 6 aromatic rings. The Bertz CT molecular complexity index is 3060. The molecule has 0 bridgehead atoms. The lowest BCUT2D eigenvalue weighted by atomic mass is 9.85. The maximum absolute atomic E-state index is 14.8. The molecule has 380 valence electrons. The first kappa shape index (κ1) is 49.7. The summed E-state index contributed by atoms with van der Waals surface area (Å²) in [5.41, 5.74) is -0.395. The van der Waals surface area contributed by atoms with Crippen molar-refractivity contribution >= 4 is 47.1 Å². The van der Waals surface area contributed by atoms with Gasteiger partial charge in [-0.25, -0.2) is 19.2 Å². The van der Waals surface area contributed by atoms with E-state index < -0.39 is 59.1 Å². The Balaban J connectivity index is 0.825. The molecule has 16 heteroatoms. The molecule has 10 rings (SSSR count). The standard InChI is InChI=1S/C59H50N2O14/c1-68-52(62)46-48(54(64)70-3)58(42-20-11-13-22-44(42)60(56(58)66)34-36-16-7-5-8-17-36)74-50(46)38-24-28-40(29-25-38)72-32-15-33-73-41-30-26-39(27-31-41)51-47(53(63)69-2)49(55(65)71-4)59(75-51)43-21-12-14-23-45(43)61(57(59)67)35-37-18-9-6-10-19-37/h5-14,16-31,50-51H,15,32-35H2,1-4H3/t50-,51-,58+,59+/m0/s1. The minimum atomic E-state index is -2.01. The highest BCUT2D eigenvalue weighted by Crippen LogP contribution is 2.59. The van der Waals surface area contributed by atoms with Gasteiger partial charge in [-0.2, -0.15) is 0 Å². The number of rotatable bonds is 16. The van der Waals surface area contributed by atoms with Crippen LogP contribution in [0.5, 0.6) is 11.5 Å². The number of hydrogen-bond donors (Lipinski definition) is 0. The average molecular weight is 1010 g/mol. The summed E-state index contributed by atoms with van der Waals surface area (Å²) in [6.07, 6.45) is -1.94. The first-order valence-electron chi connectivity index (χ1n) is 24.0. The van der Waals surface area contributed by atoms with Gasteiger partial charge in [-0.05, 0) is 58.7 Å². The summed E-state index contributed by atoms with van der Waals surface area (Å²) in [6, 6.07) is 46.3. The summed E-state index contributed by atoms with van der Waals surface area (Å²) in [5, 5.41) is 0. The molecule has 0 fully saturated rings. The minimum absolute atomic E-state index is 0.153. The molecule has 0 N–H and O–H groups in total. The van der Waals surface area contributed by atoms with Gasteiger partial charge < -0.3 is 47.7 Å². The Labute approximate surface area is 431 Å². The predicted molar refractivity (Wildman–Crippen MR) is 270 cm³/mol. The number of benzene rings is 6. The van der Waals surface area contributed by atoms with Crippen LogP contribution < -0.4 is 19.3 Å². The van der Waals surface area contributed by atoms with Crippen LogP contribution in [0.25, 0.3) is 0 Å². The zero-order chi connectivity index (χ0) is 52.4. The van der Waals surface area contributed by atoms with Crippen LogP contribution in [0.2, 0.25) is 0 Å². The van der Waals surface area contributed by atoms with E-state index in [2.05, 4.69) is 0 Å². The van der Waals surface area contributed by atoms with Crippen molar-refractivity contribution in [3.8, 4) is 11.5 Å². The van der Waals surface area contributed by atoms with Crippen molar-refractivity contribution in [1.82, 2.24) is 0 Å². The molecule has 4 atom stereocenters. The normalized spacial score (nSPS) is 20.4. The summed E-state index contributed by atoms with van der Waals surface area (Å²) >= 11 is 0. The van der Waals surface area contributed by atoms with Gasteiger partial charge in [0.15, 0.2) is 0 Å². The molecule has 2 amide bonds. The van der Waals surface area contributed by atoms with Crippen LogP contribution >= 0.6 is 0 Å². The number of carbonyl (C=O) groups excluding carboxylic acids is 6. The highest BCUT2D eigenvalue weighted by Gasteiger charge is 2.66. The van der Waals surface area contributed by atoms with Crippen molar-refractivity contribution in [2.24, 2.45) is 0 Å². The Kier molecular flexibility index (Phi) is 13.6. The van der Waals surface area contributed by atoms with E-state index in [4.69, 9.17) is 37.9 Å². The first-order chi connectivity index (χ1) is 36.5. The highest BCUT2D eigenvalue weighted by atomic mass is 16.6. The molecule has 0 aliphatic carbocycles. The number of ether oxygens (including phenoxy) is 8. The van der Waals surface area contributed by atoms with Crippen LogP contribution in [-0.2, 0) is 81.5 Å². The molecule has 4 aliphatic rings. The van der Waals surface area contributed by atoms with Gasteiger partial charge in [0.2, 0.25) is 11.2 Å². The number of amides is 2. The number of fused-ring (bicyclic) bond motifs is 4. The van der Waals surface area contributed by atoms with Gasteiger partial charge >= 0.3 is 23.9 Å². The van der Waals surface area contributed by atoms with Crippen molar-refractivity contribution in [3.05, 3.63) is 213 Å². The zero-order valence-corrected chi connectivity index (χ0v) is 41.3. The fourth-order valence-electron chi connectivity index (χ4n) is 10.4. The predicted octanol–water partition coefficient (Wildman–Crippen LogP) is 7.85. The fraction of sp³-hybridized carbons (Fsp3) is 0.220. The van der Waals surface area contributed by atoms with E-state index in [1.54, 1.807) is 107 Å². The summed E-state index contributed by atoms with van der Waals surface area (Å²) in [7, 11) is 4.74. The van der Waals surface area contributed by atoms with Crippen LogP contribution in [0.3, 0.4) is 0 Å². The monoisotopic (exact) mass is 1010 g/mol. The molecular weight excluding hydrogens is 961 g/mol. The maximum atomic E-state index is 14.8. The summed E-state index contributed by atoms with van der Waals surface area (Å²) < 4.78 is 46.4. The van der Waals surface area contributed by atoms with Crippen molar-refractivity contribution < 1.29 is 66.7 Å². The second-order valence-corrected chi connectivity index (χ2v) is 17.9. The molecule has 0 aromatic heterocycles. The quantitative estimate of drug-likeness (QED) is 0.0519. The van der Waals surface area contributed by atoms with E-state index in [0.717, 1.165) is 11.1 Å². The van der Waals surface area contributed by atoms with Crippen molar-refractivity contribution in [2.75, 3.05) is 51.5 Å². The van der Waals surface area contributed by atoms with Gasteiger partial charge in [-0.15, -0.1) is 0 Å². The van der Waals surface area contributed by atoms with Crippen LogP contribution in [0.15, 0.2) is 180 Å². The summed E-state index contributed by atoms with van der Waals surface area (Å²) in [6.45, 7) is 0.867. The lowest BCUT2D eigenvalue weighted by Gasteiger charge is -2.27. The van der Waals surface area contributed by atoms with Gasteiger partial charge in [0.25, 0.3) is 11.8 Å². The van der Waals surface area contributed by atoms with Crippen LogP contribution in [0.4, 0.5) is 11.4 Å². The van der Waals surface area contributed by atoms with Gasteiger partial charge in [0.05, 0.1) is 88.4 Å². The number of methoxy groups -OCH3 is 4. The minimum Gasteiger partial charge on any atom is -0.493 e. The average Bonchev–Trinajstić information content (AvgIpc) is 4.27. The van der Waals surface area contributed by atoms with Gasteiger partial charge in [0, 0.05) is 17.5 Å². The lowest BCUT2D eigenvalue weighted by molar-refractivity contribution is -0.148. The number of esters is 4. The molecule has 6 aromatic carbocycles. The second-order valence-electron chi connectivity index (χ2n) is 17.9. The molecule has 16 nitrogen and oxygen atoms in total. The Hall–Kier alpha value is -8.86. The molecule has 0 saturated carbocycles. The van der Waals surface area contributed by atoms with E-state index in [1.165, 1.54) is 28.4 Å². The number of carbonyl (C=O) groups is 6. The third kappa shape index (κ3) is 8.47. The van der Waals surface area contributed by atoms with E-state index in [9.17, 15) is 28.8 Å². The molecule has 2 spiro atoms. The van der Waals surface area contributed by atoms with Crippen molar-refractivity contribution in [2.45, 2.75) is 42.9 Å². The van der Waals surface area contributed by atoms with Crippen LogP contribution in [0, 0.1) is 0 Å². The van der Waals surface area contributed by atoms with E-state index in [0.29, 0.717) is 51.5 Å². The van der Waals surface area contributed by atoms with Crippen LogP contribution in [0.1, 0.15) is 52.0 Å². The fourth-order valence-corrected chi connectivity index (χ4v) is 10.4. The molecule has 0 radical (unpaired) electrons. The largest absolute Gasteiger partial charge is 0.493 e. The van der Waals surface area contributed by atoms with Crippen LogP contribution in [-0.4, -0.2) is 77.3 Å². The Morgan fingerprint density at radius 3 is 1.16 bits per heavy atom. The number of hydrogen-bond acceptors (Lipinski definition) is 14. The number of anilines is 2. The van der Waals surface area contributed by atoms with Gasteiger partial charge in [-0.3, -0.25) is 9.59 Å². The van der Waals surface area contributed by atoms with Gasteiger partial charge in [0.1, 0.15) is 23.7 Å². The van der Waals surface area contributed by atoms with E-state index in [-0.39, 0.29) is 48.6 Å². The van der Waals surface area contributed by atoms with Gasteiger partial charge in [-0.1, -0.05) is 121 Å². The van der Waals surface area contributed by atoms with E-state index in [1.807, 2.05) is 60.7 Å². The molecule has 0 saturated heterocycles. The number of para-hydroxylation sites is 2. The molecule has 0 unspecified atom stereocenters. The van der Waals surface area contributed by atoms with Crippen molar-refractivity contribution in [1.29, 1.82) is 0 Å². The second kappa shape index (κ2) is 20.6. The Morgan fingerprint density at radius 2 is 0.800 bits per heavy atom. The summed E-state index contributed by atoms with van der Waals surface area (Å²) in [5.74, 6) is -3.64. The molecule has 75 heavy (non-hydrogen) atoms. The number of nitrogens with zero attached hydrogens (tertiary/aromatic N) is 2. The van der Waals surface area contributed by atoms with Crippen molar-refractivity contribution in [3.63, 3.8) is 0 Å². The third-order valence-electron chi connectivity index (χ3n) is 13.7. The Morgan fingerprint density at radius 1 is 0.453 bits per heavy atom. The molecule has 4 aliphatic heterocycles. The van der Waals surface area contributed by atoms with E-state index >= 15 is 0 Å². The topological polar surface area (TPSA) is 183 Å². The smallest absolute Gasteiger partial charge is 0.338 e. The first-order valence-corrected chi connectivity index (χ1v) is 24.0. The molecular formula is C59H50N2O14. The zero-order valence-electron chi connectivity index (χ0n) is 41.3. The highest BCUT2D eigenvalue weighted by molar-refractivity contribution is 6.19. The molecule has 4 heterocycles. The SMILES string of the molecule is COC(=O)C1=C(C(=O)OC)[C@@]2(O[C@H]1c1ccc(OCCCOc3ccc([C@@H]4O[C@@]5(C(=O)N(Cc6ccccc6)c6ccccc65)C(C(=O)OC)=C4C(=O)OC)cc3)cc1)C(=O)N(Cc1ccccc1)c1ccccc12. The summed E-state index contributed by atoms with van der Waals surface area (Å²) in [4.78, 5) is 87.6. The lowest BCUT2D eigenvalue weighted by Crippen LogP contribution is -2.43. The maximum Gasteiger partial charge on any atom is 0.338 e. The third-order valence-corrected chi connectivity index (χ3v) is 13.7.